The van der Waals surface area contributed by atoms with E-state index >= 15 is 0 Å². The number of unbranched alkanes of at least 4 members (excludes halogenated alkanes) is 14. The van der Waals surface area contributed by atoms with Gasteiger partial charge < -0.3 is 14.7 Å². The Bertz CT molecular complexity index is 531. The summed E-state index contributed by atoms with van der Waals surface area (Å²) in [6, 6.07) is 0. The predicted molar refractivity (Wildman–Crippen MR) is 177 cm³/mol. The van der Waals surface area contributed by atoms with Crippen LogP contribution in [-0.4, -0.2) is 96.6 Å². The Balaban J connectivity index is 0. The minimum absolute atomic E-state index is 0. The van der Waals surface area contributed by atoms with Crippen molar-refractivity contribution >= 4 is 23.2 Å². The van der Waals surface area contributed by atoms with E-state index in [1.54, 1.807) is 0 Å². The number of hydrogen-bond acceptors (Lipinski definition) is 4. The van der Waals surface area contributed by atoms with E-state index in [1.165, 1.54) is 122 Å². The third-order valence-corrected chi connectivity index (χ3v) is 9.52. The van der Waals surface area contributed by atoms with Crippen LogP contribution < -0.4 is 0 Å². The van der Waals surface area contributed by atoms with Gasteiger partial charge in [-0.1, -0.05) is 140 Å². The van der Waals surface area contributed by atoms with Crippen LogP contribution in [0, 0.1) is 0 Å². The summed E-state index contributed by atoms with van der Waals surface area (Å²) in [5.74, 6) is 0. The van der Waals surface area contributed by atoms with Crippen LogP contribution in [0.2, 0.25) is 0 Å². The maximum Gasteiger partial charge on any atom is 2.00 e. The van der Waals surface area contributed by atoms with Gasteiger partial charge in [-0.3, -0.25) is 4.90 Å². The zero-order valence-corrected chi connectivity index (χ0v) is 31.5. The third kappa shape index (κ3) is 24.4. The second-order valence-corrected chi connectivity index (χ2v) is 13.8. The first-order valence-electron chi connectivity index (χ1n) is 17.2. The van der Waals surface area contributed by atoms with Gasteiger partial charge in [0, 0.05) is 52.2 Å². The standard InChI is InChI=1S/C17H34Cl2N4.C16H34.2Mn/c1-3-4-8-21-10-6-17(18,19)23-15-11-20(2)7-5-9-22(13-12-21)14-16-23;1-3-5-7-9-11-13-15-16-14-12-10-8-6-4-2;;/h3-16H2,1-2H3;3-16H2,1-2H3;;/q;;2*+2. The van der Waals surface area contributed by atoms with Gasteiger partial charge in [-0.2, -0.15) is 0 Å². The maximum atomic E-state index is 6.76. The van der Waals surface area contributed by atoms with Crippen molar-refractivity contribution in [2.24, 2.45) is 0 Å². The molecule has 0 aromatic rings. The summed E-state index contributed by atoms with van der Waals surface area (Å²) in [5, 5.41) is 0. The number of likely N-dealkylation sites (N-methyl/N-ethyl adjacent to an activating group) is 1. The van der Waals surface area contributed by atoms with Crippen LogP contribution >= 0.6 is 23.2 Å². The Morgan fingerprint density at radius 1 is 0.512 bits per heavy atom. The SMILES string of the molecule is CCCCCCCCCCCCCCCC.CCCCN1CCN2CCCN(C)CCN(CC2)C(Cl)(Cl)CC1.[Mn+2].[Mn+2]. The molecule has 2 unspecified atom stereocenters. The minimum Gasteiger partial charge on any atom is -0.305 e. The van der Waals surface area contributed by atoms with E-state index in [1.807, 2.05) is 0 Å². The molecule has 0 aromatic heterocycles. The number of fused-ring (bicyclic) bond motifs is 3. The van der Waals surface area contributed by atoms with E-state index in [0.717, 1.165) is 58.8 Å². The minimum atomic E-state index is -0.743. The second-order valence-electron chi connectivity index (χ2n) is 12.3. The molecule has 41 heavy (non-hydrogen) atoms. The second kappa shape index (κ2) is 30.1. The average molecular weight is 702 g/mol. The monoisotopic (exact) mass is 700 g/mol. The molecule has 2 saturated heterocycles. The van der Waals surface area contributed by atoms with Crippen LogP contribution in [0.1, 0.15) is 136 Å². The van der Waals surface area contributed by atoms with Gasteiger partial charge in [0.25, 0.3) is 0 Å². The zero-order chi connectivity index (χ0) is 28.6. The van der Waals surface area contributed by atoms with Crippen molar-refractivity contribution in [2.75, 3.05) is 72.5 Å². The van der Waals surface area contributed by atoms with E-state index in [4.69, 9.17) is 23.2 Å². The fourth-order valence-corrected chi connectivity index (χ4v) is 6.23. The van der Waals surface area contributed by atoms with Crippen molar-refractivity contribution in [3.63, 3.8) is 0 Å². The van der Waals surface area contributed by atoms with Gasteiger partial charge in [-0.15, -0.1) is 0 Å². The Morgan fingerprint density at radius 3 is 1.49 bits per heavy atom. The summed E-state index contributed by atoms with van der Waals surface area (Å²) in [4.78, 5) is 9.84. The molecule has 0 amide bonds. The van der Waals surface area contributed by atoms with Gasteiger partial charge in [0.1, 0.15) is 0 Å². The molecule has 2 atom stereocenters. The van der Waals surface area contributed by atoms with E-state index in [9.17, 15) is 0 Å². The Hall–Kier alpha value is 1.46. The van der Waals surface area contributed by atoms with Crippen molar-refractivity contribution in [1.82, 2.24) is 19.6 Å². The molecule has 4 nitrogen and oxygen atoms in total. The Kier molecular flexibility index (Phi) is 32.8. The summed E-state index contributed by atoms with van der Waals surface area (Å²) in [5.41, 5.74) is 0. The molecule has 8 heteroatoms. The van der Waals surface area contributed by atoms with Crippen LogP contribution in [-0.2, 0) is 34.1 Å². The maximum absolute atomic E-state index is 6.76. The number of alkyl halides is 2. The fraction of sp³-hybridized carbons (Fsp3) is 1.00. The predicted octanol–water partition coefficient (Wildman–Crippen LogP) is 9.05. The topological polar surface area (TPSA) is 13.0 Å². The summed E-state index contributed by atoms with van der Waals surface area (Å²) >= 11 is 13.5. The van der Waals surface area contributed by atoms with E-state index in [-0.39, 0.29) is 34.1 Å². The van der Waals surface area contributed by atoms with Gasteiger partial charge >= 0.3 is 34.1 Å². The molecule has 2 aliphatic rings. The van der Waals surface area contributed by atoms with Crippen LogP contribution in [0.15, 0.2) is 0 Å². The van der Waals surface area contributed by atoms with Gasteiger partial charge in [-0.05, 0) is 39.5 Å². The molecule has 2 heterocycles. The average Bonchev–Trinajstić information content (AvgIpc) is 2.92. The molecule has 0 saturated carbocycles. The quantitative estimate of drug-likeness (QED) is 0.0690. The number of rotatable bonds is 16. The Morgan fingerprint density at radius 2 is 0.976 bits per heavy atom. The van der Waals surface area contributed by atoms with Gasteiger partial charge in [0.05, 0.1) is 0 Å². The Labute approximate surface area is 288 Å². The number of hydrogen-bond donors (Lipinski definition) is 0. The van der Waals surface area contributed by atoms with Crippen LogP contribution in [0.25, 0.3) is 0 Å². The summed E-state index contributed by atoms with van der Waals surface area (Å²) in [6.45, 7) is 17.7. The van der Waals surface area contributed by atoms with Crippen molar-refractivity contribution in [3.8, 4) is 0 Å². The summed E-state index contributed by atoms with van der Waals surface area (Å²) in [6.07, 6.45) is 25.0. The van der Waals surface area contributed by atoms with Crippen LogP contribution in [0.5, 0.6) is 0 Å². The van der Waals surface area contributed by atoms with E-state index in [2.05, 4.69) is 47.4 Å². The first-order chi connectivity index (χ1) is 18.9. The number of nitrogens with zero attached hydrogens (tertiary/aromatic N) is 4. The largest absolute Gasteiger partial charge is 2.00 e. The fourth-order valence-electron chi connectivity index (χ4n) is 5.72. The first-order valence-corrected chi connectivity index (χ1v) is 17.9. The van der Waals surface area contributed by atoms with Crippen molar-refractivity contribution in [1.29, 1.82) is 0 Å². The molecule has 0 aromatic carbocycles. The molecular formula is C33H68Cl2Mn2N4+4. The normalized spacial score (nSPS) is 22.1. The first kappa shape index (κ1) is 44.6. The van der Waals surface area contributed by atoms with Crippen LogP contribution in [0.4, 0.5) is 0 Å². The molecular weight excluding hydrogens is 633 g/mol. The zero-order valence-electron chi connectivity index (χ0n) is 27.6. The van der Waals surface area contributed by atoms with E-state index in [0.29, 0.717) is 0 Å². The molecule has 0 aliphatic carbocycles. The summed E-state index contributed by atoms with van der Waals surface area (Å²) < 4.78 is -0.743. The van der Waals surface area contributed by atoms with Gasteiger partial charge in [-0.25, -0.2) is 0 Å². The molecule has 2 bridgehead atoms. The molecule has 2 radical (unpaired) electrons. The molecule has 2 aliphatic heterocycles. The molecule has 244 valence electrons. The third-order valence-electron chi connectivity index (χ3n) is 8.66. The summed E-state index contributed by atoms with van der Waals surface area (Å²) in [7, 11) is 2.20. The molecule has 2 rings (SSSR count). The smallest absolute Gasteiger partial charge is 0.305 e. The molecule has 0 N–H and O–H groups in total. The van der Waals surface area contributed by atoms with Crippen molar-refractivity contribution in [3.05, 3.63) is 0 Å². The van der Waals surface area contributed by atoms with E-state index < -0.39 is 4.46 Å². The van der Waals surface area contributed by atoms with Crippen LogP contribution in [0.3, 0.4) is 0 Å². The molecule has 2 fully saturated rings. The van der Waals surface area contributed by atoms with Gasteiger partial charge in [0.15, 0.2) is 4.46 Å². The van der Waals surface area contributed by atoms with Crippen molar-refractivity contribution in [2.45, 2.75) is 141 Å². The number of halogens is 2. The van der Waals surface area contributed by atoms with Gasteiger partial charge in [0.2, 0.25) is 0 Å². The van der Waals surface area contributed by atoms with Crippen molar-refractivity contribution < 1.29 is 34.1 Å². The molecule has 0 spiro atoms.